The first-order valence-corrected chi connectivity index (χ1v) is 14.1. The number of benzene rings is 3. The summed E-state index contributed by atoms with van der Waals surface area (Å²) in [7, 11) is 0. The van der Waals surface area contributed by atoms with Crippen LogP contribution in [-0.2, 0) is 14.3 Å². The summed E-state index contributed by atoms with van der Waals surface area (Å²) in [6.07, 6.45) is 0.520. The molecule has 1 heterocycles. The van der Waals surface area contributed by atoms with Gasteiger partial charge in [-0.25, -0.2) is 0 Å². The van der Waals surface area contributed by atoms with E-state index in [4.69, 9.17) is 26.9 Å². The van der Waals surface area contributed by atoms with Gasteiger partial charge in [0.05, 0.1) is 19.3 Å². The van der Waals surface area contributed by atoms with Crippen molar-refractivity contribution in [2.45, 2.75) is 37.6 Å². The second-order valence-corrected chi connectivity index (χ2v) is 10.9. The summed E-state index contributed by atoms with van der Waals surface area (Å²) < 4.78 is 5.80. The maximum atomic E-state index is 13.6. The normalized spacial score (nSPS) is 21.8. The fourth-order valence-corrected chi connectivity index (χ4v) is 6.41. The number of halogens is 1. The molecule has 0 fully saturated rings. The summed E-state index contributed by atoms with van der Waals surface area (Å²) in [4.78, 5) is 33.8. The zero-order chi connectivity index (χ0) is 30.1. The maximum Gasteiger partial charge on any atom is 0.312 e. The summed E-state index contributed by atoms with van der Waals surface area (Å²) in [5.74, 6) is -4.63. The molecular formula is C32H33ClN4O5. The van der Waals surface area contributed by atoms with E-state index in [-0.39, 0.29) is 32.1 Å². The number of carbonyl (C=O) groups is 2. The highest BCUT2D eigenvalue weighted by molar-refractivity contribution is 6.30. The molecule has 0 saturated heterocycles. The number of hydrogen-bond acceptors (Lipinski definition) is 5. The zero-order valence-electron chi connectivity index (χ0n) is 23.2. The first kappa shape index (κ1) is 30.8. The molecule has 0 aliphatic carbocycles. The van der Waals surface area contributed by atoms with Crippen LogP contribution in [0, 0.1) is 11.3 Å². The molecule has 42 heavy (non-hydrogen) atoms. The molecule has 2 N–H and O–H groups in total. The van der Waals surface area contributed by atoms with Crippen LogP contribution in [0.1, 0.15) is 48.3 Å². The third kappa shape index (κ3) is 6.65. The zero-order valence-corrected chi connectivity index (χ0v) is 24.0. The van der Waals surface area contributed by atoms with Gasteiger partial charge in [0.1, 0.15) is 11.3 Å². The van der Waals surface area contributed by atoms with Gasteiger partial charge in [0.15, 0.2) is 0 Å². The molecule has 0 amide bonds. The molecule has 10 heteroatoms. The fourth-order valence-electron chi connectivity index (χ4n) is 6.21. The predicted molar refractivity (Wildman–Crippen MR) is 161 cm³/mol. The molecular weight excluding hydrogens is 556 g/mol. The molecule has 0 spiro atoms. The lowest BCUT2D eigenvalue weighted by Gasteiger charge is -2.48. The molecule has 1 aliphatic rings. The monoisotopic (exact) mass is 588 g/mol. The van der Waals surface area contributed by atoms with Crippen molar-refractivity contribution in [2.75, 3.05) is 19.8 Å². The Balaban J connectivity index is 1.86. The number of ether oxygens (including phenoxy) is 1. The summed E-state index contributed by atoms with van der Waals surface area (Å²) in [6.45, 7) is 1.68. The molecule has 0 radical (unpaired) electrons. The molecule has 218 valence electrons. The number of rotatable bonds is 13. The lowest BCUT2D eigenvalue weighted by atomic mass is 9.57. The lowest BCUT2D eigenvalue weighted by molar-refractivity contribution is -0.157. The van der Waals surface area contributed by atoms with Crippen LogP contribution in [0.5, 0.6) is 0 Å². The van der Waals surface area contributed by atoms with E-state index in [0.717, 1.165) is 11.1 Å². The largest absolute Gasteiger partial charge is 0.481 e. The maximum absolute atomic E-state index is 13.6. The number of aliphatic imine (C=N–C) groups is 1. The Morgan fingerprint density at radius 1 is 1.05 bits per heavy atom. The summed E-state index contributed by atoms with van der Waals surface area (Å²) >= 11 is 6.37. The van der Waals surface area contributed by atoms with Gasteiger partial charge in [-0.3, -0.25) is 14.6 Å². The number of carboxylic acid groups (broad SMARTS) is 2. The number of nitrogens with zero attached hydrogens (tertiary/aromatic N) is 4. The van der Waals surface area contributed by atoms with Crippen LogP contribution in [0.2, 0.25) is 5.02 Å². The van der Waals surface area contributed by atoms with Gasteiger partial charge >= 0.3 is 11.9 Å². The lowest BCUT2D eigenvalue weighted by Crippen LogP contribution is -2.56. The number of aliphatic carboxylic acids is 2. The fraction of sp³-hybridized carbons (Fsp3) is 0.344. The van der Waals surface area contributed by atoms with E-state index < -0.39 is 35.2 Å². The molecule has 0 aromatic heterocycles. The minimum absolute atomic E-state index is 0.0749. The number of hydrogen-bond donors (Lipinski definition) is 2. The second-order valence-electron chi connectivity index (χ2n) is 10.4. The first-order valence-electron chi connectivity index (χ1n) is 13.7. The van der Waals surface area contributed by atoms with Crippen molar-refractivity contribution in [3.8, 4) is 0 Å². The van der Waals surface area contributed by atoms with Gasteiger partial charge in [0.25, 0.3) is 0 Å². The molecule has 3 aromatic carbocycles. The minimum Gasteiger partial charge on any atom is -0.481 e. The Hall–Kier alpha value is -4.17. The highest BCUT2D eigenvalue weighted by Gasteiger charge is 2.59. The SMILES string of the molecule is CC1=NC(COCCN=[N+]=[N-])C(CCC(c2ccccc2)c2ccccc2)(C(=O)O)C(c2cccc(Cl)c2)C1C(=O)O. The van der Waals surface area contributed by atoms with E-state index >= 15 is 0 Å². The van der Waals surface area contributed by atoms with Gasteiger partial charge in [0.2, 0.25) is 0 Å². The van der Waals surface area contributed by atoms with Crippen molar-refractivity contribution < 1.29 is 24.5 Å². The van der Waals surface area contributed by atoms with Crippen LogP contribution >= 0.6 is 11.6 Å². The summed E-state index contributed by atoms with van der Waals surface area (Å²) in [5.41, 5.74) is 9.84. The van der Waals surface area contributed by atoms with Crippen molar-refractivity contribution in [1.29, 1.82) is 0 Å². The Labute approximate surface area is 249 Å². The molecule has 1 aliphatic heterocycles. The molecule has 9 nitrogen and oxygen atoms in total. The molecule has 4 rings (SSSR count). The Bertz CT molecular complexity index is 1420. The van der Waals surface area contributed by atoms with Crippen LogP contribution in [0.3, 0.4) is 0 Å². The van der Waals surface area contributed by atoms with Crippen molar-refractivity contribution in [1.82, 2.24) is 0 Å². The molecule has 4 atom stereocenters. The van der Waals surface area contributed by atoms with Gasteiger partial charge in [-0.1, -0.05) is 89.5 Å². The third-order valence-corrected chi connectivity index (χ3v) is 8.32. The number of carboxylic acids is 2. The van der Waals surface area contributed by atoms with Crippen LogP contribution in [-0.4, -0.2) is 53.7 Å². The Morgan fingerprint density at radius 3 is 2.24 bits per heavy atom. The Morgan fingerprint density at radius 2 is 1.69 bits per heavy atom. The van der Waals surface area contributed by atoms with Gasteiger partial charge in [0, 0.05) is 34.0 Å². The first-order chi connectivity index (χ1) is 20.3. The quantitative estimate of drug-likeness (QED) is 0.0957. The van der Waals surface area contributed by atoms with Gasteiger partial charge in [-0.15, -0.1) is 0 Å². The smallest absolute Gasteiger partial charge is 0.312 e. The average molecular weight is 589 g/mol. The van der Waals surface area contributed by atoms with E-state index in [1.54, 1.807) is 31.2 Å². The molecule has 4 unspecified atom stereocenters. The molecule has 0 saturated carbocycles. The van der Waals surface area contributed by atoms with Crippen LogP contribution in [0.25, 0.3) is 10.4 Å². The molecule has 3 aromatic rings. The number of azide groups is 1. The average Bonchev–Trinajstić information content (AvgIpc) is 2.98. The van der Waals surface area contributed by atoms with Gasteiger partial charge in [-0.05, 0) is 54.1 Å². The van der Waals surface area contributed by atoms with Crippen molar-refractivity contribution in [2.24, 2.45) is 21.4 Å². The van der Waals surface area contributed by atoms with Crippen molar-refractivity contribution in [3.63, 3.8) is 0 Å². The summed E-state index contributed by atoms with van der Waals surface area (Å²) in [6, 6.07) is 25.5. The standard InChI is InChI=1S/C32H33ClN4O5/c1-21-28(30(38)39)29(24-13-8-14-25(33)19-24)32(31(40)41,27(36-21)20-42-18-17-35-37-34)16-15-26(22-9-4-2-5-10-22)23-11-6-3-7-12-23/h2-14,19,26-29H,15-18,20H2,1H3,(H,38,39)(H,40,41). The van der Waals surface area contributed by atoms with E-state index in [9.17, 15) is 19.8 Å². The van der Waals surface area contributed by atoms with E-state index in [1.807, 2.05) is 60.7 Å². The van der Waals surface area contributed by atoms with E-state index in [1.165, 1.54) is 0 Å². The van der Waals surface area contributed by atoms with E-state index in [2.05, 4.69) is 10.0 Å². The van der Waals surface area contributed by atoms with E-state index in [0.29, 0.717) is 22.7 Å². The third-order valence-electron chi connectivity index (χ3n) is 8.09. The van der Waals surface area contributed by atoms with Crippen LogP contribution in [0.4, 0.5) is 0 Å². The minimum atomic E-state index is -1.66. The predicted octanol–water partition coefficient (Wildman–Crippen LogP) is 6.98. The van der Waals surface area contributed by atoms with Crippen molar-refractivity contribution >= 4 is 29.3 Å². The highest BCUT2D eigenvalue weighted by atomic mass is 35.5. The highest BCUT2D eigenvalue weighted by Crippen LogP contribution is 2.53. The van der Waals surface area contributed by atoms with Gasteiger partial charge < -0.3 is 14.9 Å². The van der Waals surface area contributed by atoms with Crippen LogP contribution < -0.4 is 0 Å². The van der Waals surface area contributed by atoms with Crippen molar-refractivity contribution in [3.05, 3.63) is 117 Å². The Kier molecular flexibility index (Phi) is 10.4. The topological polar surface area (TPSA) is 145 Å². The molecule has 0 bridgehead atoms. The summed E-state index contributed by atoms with van der Waals surface area (Å²) in [5, 5.41) is 25.4. The second kappa shape index (κ2) is 14.1. The van der Waals surface area contributed by atoms with Crippen LogP contribution in [0.15, 0.2) is 95.0 Å². The van der Waals surface area contributed by atoms with Gasteiger partial charge in [-0.2, -0.15) is 0 Å².